The molecule has 0 spiro atoms. The molecule has 71 heavy (non-hydrogen) atoms. The van der Waals surface area contributed by atoms with Crippen LogP contribution in [0.15, 0.2) is 48.6 Å². The van der Waals surface area contributed by atoms with Crippen LogP contribution < -0.4 is 0 Å². The molecule has 14 heteroatoms. The number of unbranched alkanes of at least 4 members (excludes halogenated alkanes) is 23. The Labute approximate surface area is 429 Å². The maximum atomic E-state index is 13.1. The molecule has 0 aromatic heterocycles. The molecule has 0 radical (unpaired) electrons. The highest BCUT2D eigenvalue weighted by atomic mass is 16.7. The minimum Gasteiger partial charge on any atom is -0.457 e. The van der Waals surface area contributed by atoms with Crippen LogP contribution in [-0.2, 0) is 33.2 Å². The Kier molecular flexibility index (Phi) is 40.6. The lowest BCUT2D eigenvalue weighted by atomic mass is 9.98. The Morgan fingerprint density at radius 3 is 1.44 bits per heavy atom. The van der Waals surface area contributed by atoms with Gasteiger partial charge in [-0.25, -0.2) is 0 Å². The van der Waals surface area contributed by atoms with Crippen molar-refractivity contribution < 1.29 is 69.0 Å². The largest absolute Gasteiger partial charge is 0.457 e. The number of aliphatic hydroxyl groups excluding tert-OH is 7. The number of hydrogen-bond donors (Lipinski definition) is 7. The Balaban J connectivity index is 1.74. The van der Waals surface area contributed by atoms with Crippen molar-refractivity contribution in [3.63, 3.8) is 0 Å². The van der Waals surface area contributed by atoms with Crippen LogP contribution in [0.4, 0.5) is 0 Å². The Morgan fingerprint density at radius 2 is 0.915 bits per heavy atom. The van der Waals surface area contributed by atoms with Gasteiger partial charge in [0.15, 0.2) is 12.6 Å². The van der Waals surface area contributed by atoms with Crippen molar-refractivity contribution in [2.45, 2.75) is 274 Å². The van der Waals surface area contributed by atoms with E-state index in [4.69, 9.17) is 28.4 Å². The first-order chi connectivity index (χ1) is 34.6. The van der Waals surface area contributed by atoms with E-state index in [1.807, 2.05) is 0 Å². The summed E-state index contributed by atoms with van der Waals surface area (Å²) in [6.07, 6.45) is 36.0. The highest BCUT2D eigenvalue weighted by Crippen LogP contribution is 2.27. The molecular formula is C57H102O14. The van der Waals surface area contributed by atoms with Gasteiger partial charge in [0.2, 0.25) is 0 Å². The molecule has 0 aromatic rings. The molecule has 2 aliphatic rings. The van der Waals surface area contributed by atoms with Crippen LogP contribution in [0, 0.1) is 0 Å². The number of rotatable bonds is 45. The lowest BCUT2D eigenvalue weighted by Gasteiger charge is -2.42. The predicted octanol–water partition coefficient (Wildman–Crippen LogP) is 9.52. The van der Waals surface area contributed by atoms with Gasteiger partial charge in [0.1, 0.15) is 54.9 Å². The molecule has 0 aliphatic carbocycles. The molecule has 11 unspecified atom stereocenters. The minimum absolute atomic E-state index is 0.0500. The monoisotopic (exact) mass is 1010 g/mol. The van der Waals surface area contributed by atoms with Crippen LogP contribution in [-0.4, -0.2) is 142 Å². The third-order valence-electron chi connectivity index (χ3n) is 13.4. The molecule has 11 atom stereocenters. The van der Waals surface area contributed by atoms with Crippen molar-refractivity contribution in [2.24, 2.45) is 0 Å². The van der Waals surface area contributed by atoms with E-state index in [1.54, 1.807) is 0 Å². The highest BCUT2D eigenvalue weighted by molar-refractivity contribution is 5.69. The van der Waals surface area contributed by atoms with Gasteiger partial charge in [0.25, 0.3) is 0 Å². The van der Waals surface area contributed by atoms with E-state index in [1.165, 1.54) is 96.3 Å². The normalized spacial score (nSPS) is 25.6. The first-order valence-corrected chi connectivity index (χ1v) is 28.2. The van der Waals surface area contributed by atoms with Gasteiger partial charge in [0, 0.05) is 13.0 Å². The van der Waals surface area contributed by atoms with E-state index < -0.39 is 80.7 Å². The van der Waals surface area contributed by atoms with Gasteiger partial charge >= 0.3 is 5.97 Å². The van der Waals surface area contributed by atoms with Crippen molar-refractivity contribution in [1.82, 2.24) is 0 Å². The standard InChI is InChI=1S/C57H102O14/c1-3-5-7-9-11-13-15-17-19-21-23-24-26-28-30-32-34-36-38-40-49(59)69-46(43-66-41-39-37-35-33-31-29-27-25-22-20-18-16-14-12-10-8-6-4-2)44-67-56-55(65)53(63)51(61)48(71-56)45-68-57-54(64)52(62)50(60)47(42-58)70-57/h6,8,12,14,18,20,25,27,46-48,50-58,60-65H,3-5,7,9-11,13,15-17,19,21-24,26,28-45H2,1-2H3/b8-6-,14-12-,20-18-,27-25-. The molecule has 14 nitrogen and oxygen atoms in total. The van der Waals surface area contributed by atoms with Crippen LogP contribution in [0.1, 0.15) is 206 Å². The van der Waals surface area contributed by atoms with Crippen LogP contribution in [0.5, 0.6) is 0 Å². The average molecular weight is 1010 g/mol. The number of hydrogen-bond acceptors (Lipinski definition) is 14. The zero-order chi connectivity index (χ0) is 51.6. The zero-order valence-electron chi connectivity index (χ0n) is 44.2. The predicted molar refractivity (Wildman–Crippen MR) is 279 cm³/mol. The second kappa shape index (κ2) is 44.3. The van der Waals surface area contributed by atoms with Gasteiger partial charge in [-0.2, -0.15) is 0 Å². The first kappa shape index (κ1) is 65.1. The van der Waals surface area contributed by atoms with E-state index >= 15 is 0 Å². The summed E-state index contributed by atoms with van der Waals surface area (Å²) in [7, 11) is 0. The molecule has 2 saturated heterocycles. The molecule has 414 valence electrons. The van der Waals surface area contributed by atoms with Crippen molar-refractivity contribution in [2.75, 3.05) is 33.0 Å². The van der Waals surface area contributed by atoms with E-state index in [-0.39, 0.29) is 25.6 Å². The molecule has 7 N–H and O–H groups in total. The summed E-state index contributed by atoms with van der Waals surface area (Å²) in [5, 5.41) is 72.3. The Morgan fingerprint density at radius 1 is 0.479 bits per heavy atom. The lowest BCUT2D eigenvalue weighted by molar-refractivity contribution is -0.332. The molecule has 0 aromatic carbocycles. The maximum absolute atomic E-state index is 13.1. The molecule has 2 rings (SSSR count). The van der Waals surface area contributed by atoms with Crippen molar-refractivity contribution >= 4 is 5.97 Å². The summed E-state index contributed by atoms with van der Waals surface area (Å²) in [6, 6.07) is 0. The van der Waals surface area contributed by atoms with Crippen molar-refractivity contribution in [3.05, 3.63) is 48.6 Å². The van der Waals surface area contributed by atoms with Gasteiger partial charge in [0.05, 0.1) is 26.4 Å². The number of esters is 1. The van der Waals surface area contributed by atoms with Crippen LogP contribution in [0.3, 0.4) is 0 Å². The Hall–Kier alpha value is -2.05. The summed E-state index contributed by atoms with van der Waals surface area (Å²) in [4.78, 5) is 13.1. The summed E-state index contributed by atoms with van der Waals surface area (Å²) < 4.78 is 34.3. The lowest BCUT2D eigenvalue weighted by Crippen LogP contribution is -2.61. The molecule has 0 saturated carbocycles. The third kappa shape index (κ3) is 31.4. The summed E-state index contributed by atoms with van der Waals surface area (Å²) >= 11 is 0. The fourth-order valence-corrected chi connectivity index (χ4v) is 8.81. The third-order valence-corrected chi connectivity index (χ3v) is 13.4. The topological polar surface area (TPSA) is 214 Å². The van der Waals surface area contributed by atoms with Crippen LogP contribution in [0.25, 0.3) is 0 Å². The van der Waals surface area contributed by atoms with Crippen LogP contribution in [0.2, 0.25) is 0 Å². The zero-order valence-corrected chi connectivity index (χ0v) is 44.2. The minimum atomic E-state index is -1.71. The van der Waals surface area contributed by atoms with Gasteiger partial charge in [-0.1, -0.05) is 197 Å². The van der Waals surface area contributed by atoms with E-state index in [2.05, 4.69) is 62.5 Å². The summed E-state index contributed by atoms with van der Waals surface area (Å²) in [5.41, 5.74) is 0. The number of carbonyl (C=O) groups is 1. The smallest absolute Gasteiger partial charge is 0.306 e. The van der Waals surface area contributed by atoms with Crippen molar-refractivity contribution in [3.8, 4) is 0 Å². The fourth-order valence-electron chi connectivity index (χ4n) is 8.81. The maximum Gasteiger partial charge on any atom is 0.306 e. The quantitative estimate of drug-likeness (QED) is 0.0172. The Bertz CT molecular complexity index is 1360. The molecule has 2 heterocycles. The average Bonchev–Trinajstić information content (AvgIpc) is 3.37. The summed E-state index contributed by atoms with van der Waals surface area (Å²) in [6.45, 7) is 3.55. The molecule has 2 fully saturated rings. The molecule has 0 amide bonds. The second-order valence-electron chi connectivity index (χ2n) is 19.7. The van der Waals surface area contributed by atoms with Gasteiger partial charge in [-0.15, -0.1) is 0 Å². The van der Waals surface area contributed by atoms with Crippen LogP contribution >= 0.6 is 0 Å². The van der Waals surface area contributed by atoms with Gasteiger partial charge < -0.3 is 64.2 Å². The fraction of sp³-hybridized carbons (Fsp3) is 0.842. The first-order valence-electron chi connectivity index (χ1n) is 28.2. The van der Waals surface area contributed by atoms with Crippen molar-refractivity contribution in [1.29, 1.82) is 0 Å². The number of ether oxygens (including phenoxy) is 6. The number of allylic oxidation sites excluding steroid dienone is 8. The number of carbonyl (C=O) groups excluding carboxylic acids is 1. The number of aliphatic hydroxyl groups is 7. The van der Waals surface area contributed by atoms with E-state index in [9.17, 15) is 40.5 Å². The summed E-state index contributed by atoms with van der Waals surface area (Å²) in [5.74, 6) is -0.381. The highest BCUT2D eigenvalue weighted by Gasteiger charge is 2.47. The van der Waals surface area contributed by atoms with Gasteiger partial charge in [-0.3, -0.25) is 4.79 Å². The molecule has 0 bridgehead atoms. The van der Waals surface area contributed by atoms with E-state index in [0.29, 0.717) is 13.0 Å². The molecule has 2 aliphatic heterocycles. The van der Waals surface area contributed by atoms with E-state index in [0.717, 1.165) is 83.5 Å². The second-order valence-corrected chi connectivity index (χ2v) is 19.7. The SMILES string of the molecule is CC/C=C\C/C=C\C/C=C\C/C=C\CCCCCCCOCC(COC1OC(COC2OC(CO)C(O)C(O)C2O)C(O)C(O)C1O)OC(=O)CCCCCCCCCCCCCCCCCCCCC. The van der Waals surface area contributed by atoms with Gasteiger partial charge in [-0.05, 0) is 51.4 Å². The molecular weight excluding hydrogens is 909 g/mol.